The van der Waals surface area contributed by atoms with Crippen LogP contribution in [-0.4, -0.2) is 8.32 Å². The first-order chi connectivity index (χ1) is 8.11. The fraction of sp³-hybridized carbons (Fsp3) is 0.750. The smallest absolute Gasteiger partial charge is 0.241 e. The molecule has 0 heterocycles. The molecule has 1 aliphatic carbocycles. The summed E-state index contributed by atoms with van der Waals surface area (Å²) in [5, 5.41) is 0. The van der Waals surface area contributed by atoms with Gasteiger partial charge in [0.2, 0.25) is 8.32 Å². The van der Waals surface area contributed by atoms with E-state index in [1.165, 1.54) is 23.3 Å². The van der Waals surface area contributed by atoms with E-state index in [-0.39, 0.29) is 0 Å². The number of hydrogen-bond acceptors (Lipinski definition) is 1. The van der Waals surface area contributed by atoms with E-state index in [1.54, 1.807) is 0 Å². The average molecular weight is 267 g/mol. The highest BCUT2D eigenvalue weighted by atomic mass is 28.4. The summed E-state index contributed by atoms with van der Waals surface area (Å²) < 4.78 is 6.33. The average Bonchev–Trinajstić information content (AvgIpc) is 2.18. The van der Waals surface area contributed by atoms with E-state index >= 15 is 0 Å². The van der Waals surface area contributed by atoms with E-state index in [0.717, 1.165) is 6.42 Å². The van der Waals surface area contributed by atoms with Crippen LogP contribution in [0.5, 0.6) is 0 Å². The van der Waals surface area contributed by atoms with Crippen molar-refractivity contribution in [3.05, 3.63) is 23.5 Å². The largest absolute Gasteiger partial charge is 0.547 e. The summed E-state index contributed by atoms with van der Waals surface area (Å²) in [4.78, 5) is 0. The van der Waals surface area contributed by atoms with Crippen molar-refractivity contribution >= 4 is 8.32 Å². The lowest BCUT2D eigenvalue weighted by molar-refractivity contribution is 0.271. The third-order valence-corrected chi connectivity index (χ3v) is 4.76. The quantitative estimate of drug-likeness (QED) is 0.491. The van der Waals surface area contributed by atoms with Gasteiger partial charge in [0, 0.05) is 6.42 Å². The SMILES string of the molecule is C=C(C)[C@@H]1CC(O[Si](C)(C)C)=C(C)[C@@H](C(C)C)C1. The summed E-state index contributed by atoms with van der Waals surface area (Å²) in [6.07, 6.45) is 2.31. The van der Waals surface area contributed by atoms with Gasteiger partial charge in [-0.1, -0.05) is 26.0 Å². The Morgan fingerprint density at radius 1 is 1.33 bits per heavy atom. The first-order valence-electron chi connectivity index (χ1n) is 7.16. The molecule has 0 unspecified atom stereocenters. The normalized spacial score (nSPS) is 25.6. The molecule has 0 N–H and O–H groups in total. The van der Waals surface area contributed by atoms with Crippen LogP contribution in [-0.2, 0) is 4.43 Å². The zero-order chi connectivity index (χ0) is 14.1. The van der Waals surface area contributed by atoms with Gasteiger partial charge in [-0.25, -0.2) is 0 Å². The molecule has 2 atom stereocenters. The van der Waals surface area contributed by atoms with Crippen molar-refractivity contribution in [2.24, 2.45) is 17.8 Å². The van der Waals surface area contributed by atoms with Crippen LogP contribution in [0.15, 0.2) is 23.5 Å². The minimum Gasteiger partial charge on any atom is -0.547 e. The second-order valence-corrected chi connectivity index (χ2v) is 11.6. The first-order valence-corrected chi connectivity index (χ1v) is 10.6. The maximum atomic E-state index is 6.33. The molecule has 0 saturated heterocycles. The van der Waals surface area contributed by atoms with Gasteiger partial charge < -0.3 is 4.43 Å². The Labute approximate surface area is 114 Å². The van der Waals surface area contributed by atoms with Gasteiger partial charge in [0.1, 0.15) is 0 Å². The zero-order valence-corrected chi connectivity index (χ0v) is 14.3. The van der Waals surface area contributed by atoms with Crippen LogP contribution in [0.3, 0.4) is 0 Å². The number of hydrogen-bond donors (Lipinski definition) is 0. The Balaban J connectivity index is 3.01. The Morgan fingerprint density at radius 3 is 2.28 bits per heavy atom. The Morgan fingerprint density at radius 2 is 1.89 bits per heavy atom. The summed E-state index contributed by atoms with van der Waals surface area (Å²) in [7, 11) is -1.50. The molecular formula is C16H30OSi. The third-order valence-electron chi connectivity index (χ3n) is 3.90. The van der Waals surface area contributed by atoms with E-state index in [0.29, 0.717) is 17.8 Å². The highest BCUT2D eigenvalue weighted by Crippen LogP contribution is 2.41. The van der Waals surface area contributed by atoms with Crippen molar-refractivity contribution in [1.29, 1.82) is 0 Å². The predicted molar refractivity (Wildman–Crippen MR) is 83.0 cm³/mol. The van der Waals surface area contributed by atoms with Crippen molar-refractivity contribution in [2.45, 2.75) is 60.2 Å². The van der Waals surface area contributed by atoms with Gasteiger partial charge in [-0.3, -0.25) is 0 Å². The van der Waals surface area contributed by atoms with Gasteiger partial charge in [-0.15, -0.1) is 0 Å². The van der Waals surface area contributed by atoms with Gasteiger partial charge in [-0.05, 0) is 63.2 Å². The lowest BCUT2D eigenvalue weighted by Gasteiger charge is -2.37. The molecular weight excluding hydrogens is 236 g/mol. The lowest BCUT2D eigenvalue weighted by Crippen LogP contribution is -2.30. The van der Waals surface area contributed by atoms with Crippen LogP contribution < -0.4 is 0 Å². The molecule has 0 aromatic rings. The lowest BCUT2D eigenvalue weighted by atomic mass is 9.73. The van der Waals surface area contributed by atoms with Gasteiger partial charge in [-0.2, -0.15) is 0 Å². The zero-order valence-electron chi connectivity index (χ0n) is 13.3. The van der Waals surface area contributed by atoms with Crippen LogP contribution in [0.25, 0.3) is 0 Å². The van der Waals surface area contributed by atoms with E-state index in [4.69, 9.17) is 4.43 Å². The van der Waals surface area contributed by atoms with Crippen LogP contribution in [0.4, 0.5) is 0 Å². The van der Waals surface area contributed by atoms with E-state index in [2.05, 4.69) is 53.9 Å². The molecule has 0 fully saturated rings. The van der Waals surface area contributed by atoms with E-state index in [1.807, 2.05) is 0 Å². The summed E-state index contributed by atoms with van der Waals surface area (Å²) in [6, 6.07) is 0. The topological polar surface area (TPSA) is 9.23 Å². The Hall–Kier alpha value is -0.503. The molecule has 0 aromatic heterocycles. The fourth-order valence-electron chi connectivity index (χ4n) is 2.80. The maximum Gasteiger partial charge on any atom is 0.241 e. The molecule has 104 valence electrons. The van der Waals surface area contributed by atoms with Gasteiger partial charge in [0.25, 0.3) is 0 Å². The first kappa shape index (κ1) is 15.6. The second kappa shape index (κ2) is 5.64. The summed E-state index contributed by atoms with van der Waals surface area (Å²) in [6.45, 7) is 20.0. The highest BCUT2D eigenvalue weighted by molar-refractivity contribution is 6.70. The standard InChI is InChI=1S/C16H30OSi/c1-11(2)14-9-15(12(3)4)13(5)16(10-14)17-18(6,7)8/h12,14-15H,1,9-10H2,2-8H3/t14-,15+/m0/s1. The molecule has 1 nitrogen and oxygen atoms in total. The summed E-state index contributed by atoms with van der Waals surface area (Å²) in [5.41, 5.74) is 2.80. The second-order valence-electron chi connectivity index (χ2n) is 7.15. The molecule has 0 spiro atoms. The molecule has 0 saturated carbocycles. The van der Waals surface area contributed by atoms with E-state index in [9.17, 15) is 0 Å². The van der Waals surface area contributed by atoms with Crippen LogP contribution in [0.2, 0.25) is 19.6 Å². The molecule has 18 heavy (non-hydrogen) atoms. The molecule has 0 bridgehead atoms. The molecule has 0 aromatic carbocycles. The van der Waals surface area contributed by atoms with E-state index < -0.39 is 8.32 Å². The van der Waals surface area contributed by atoms with Crippen LogP contribution >= 0.6 is 0 Å². The van der Waals surface area contributed by atoms with Crippen LogP contribution in [0, 0.1) is 17.8 Å². The fourth-order valence-corrected chi connectivity index (χ4v) is 3.78. The van der Waals surface area contributed by atoms with Gasteiger partial charge >= 0.3 is 0 Å². The monoisotopic (exact) mass is 266 g/mol. The van der Waals surface area contributed by atoms with Crippen molar-refractivity contribution in [1.82, 2.24) is 0 Å². The van der Waals surface area contributed by atoms with Crippen molar-refractivity contribution in [3.8, 4) is 0 Å². The molecule has 1 aliphatic rings. The maximum absolute atomic E-state index is 6.33. The number of allylic oxidation sites excluding steroid dienone is 3. The Kier molecular flexibility index (Phi) is 4.88. The van der Waals surface area contributed by atoms with Gasteiger partial charge in [0.15, 0.2) is 0 Å². The van der Waals surface area contributed by atoms with Crippen LogP contribution in [0.1, 0.15) is 40.5 Å². The molecule has 0 aliphatic heterocycles. The van der Waals surface area contributed by atoms with Gasteiger partial charge in [0.05, 0.1) is 5.76 Å². The molecule has 0 amide bonds. The minimum absolute atomic E-state index is 0.604. The van der Waals surface area contributed by atoms with Crippen molar-refractivity contribution in [2.75, 3.05) is 0 Å². The Bertz CT molecular complexity index is 347. The third kappa shape index (κ3) is 4.01. The molecule has 0 radical (unpaired) electrons. The number of rotatable bonds is 4. The molecule has 1 rings (SSSR count). The predicted octanol–water partition coefficient (Wildman–Crippen LogP) is 5.37. The minimum atomic E-state index is -1.50. The summed E-state index contributed by atoms with van der Waals surface area (Å²) in [5.74, 6) is 3.22. The highest BCUT2D eigenvalue weighted by Gasteiger charge is 2.32. The molecule has 2 heteroatoms. The van der Waals surface area contributed by atoms with Crippen molar-refractivity contribution < 1.29 is 4.43 Å². The summed E-state index contributed by atoms with van der Waals surface area (Å²) >= 11 is 0. The van der Waals surface area contributed by atoms with Crippen molar-refractivity contribution in [3.63, 3.8) is 0 Å².